The number of Topliss-reactive ketones (excluding diaryl/α,β-unsaturated/α-hetero) is 1. The third-order valence-electron chi connectivity index (χ3n) is 2.72. The number of ketones is 1. The van der Waals surface area contributed by atoms with Crippen LogP contribution in [0.3, 0.4) is 0 Å². The van der Waals surface area contributed by atoms with Crippen molar-refractivity contribution in [2.75, 3.05) is 13.7 Å². The highest BCUT2D eigenvalue weighted by Gasteiger charge is 2.11. The molecule has 0 aliphatic heterocycles. The number of hydrogen-bond donors (Lipinski definition) is 0. The van der Waals surface area contributed by atoms with Gasteiger partial charge in [-0.1, -0.05) is 12.1 Å². The zero-order valence-corrected chi connectivity index (χ0v) is 11.0. The van der Waals surface area contributed by atoms with Crippen molar-refractivity contribution in [3.63, 3.8) is 0 Å². The van der Waals surface area contributed by atoms with E-state index in [1.165, 1.54) is 18.3 Å². The predicted molar refractivity (Wildman–Crippen MR) is 71.2 cm³/mol. The molecule has 0 radical (unpaired) electrons. The molecule has 0 saturated heterocycles. The van der Waals surface area contributed by atoms with Gasteiger partial charge in [0.1, 0.15) is 12.4 Å². The van der Waals surface area contributed by atoms with Crippen LogP contribution in [0.2, 0.25) is 0 Å². The lowest BCUT2D eigenvalue weighted by molar-refractivity contribution is 0.0721. The van der Waals surface area contributed by atoms with Crippen LogP contribution >= 0.6 is 0 Å². The van der Waals surface area contributed by atoms with Crippen LogP contribution in [0, 0.1) is 5.95 Å². The molecular weight excluding hydrogens is 261 g/mol. The fourth-order valence-electron chi connectivity index (χ4n) is 1.66. The molecule has 2 rings (SSSR count). The maximum atomic E-state index is 13.3. The van der Waals surface area contributed by atoms with Crippen LogP contribution in [0.25, 0.3) is 0 Å². The molecule has 0 aliphatic carbocycles. The van der Waals surface area contributed by atoms with E-state index in [9.17, 15) is 9.18 Å². The zero-order valence-electron chi connectivity index (χ0n) is 11.0. The van der Waals surface area contributed by atoms with Crippen molar-refractivity contribution in [2.24, 2.45) is 0 Å². The molecule has 104 valence electrons. The lowest BCUT2D eigenvalue weighted by atomic mass is 10.2. The van der Waals surface area contributed by atoms with Crippen molar-refractivity contribution in [2.45, 2.75) is 6.61 Å². The molecule has 0 fully saturated rings. The average Bonchev–Trinajstić information content (AvgIpc) is 2.48. The van der Waals surface area contributed by atoms with Gasteiger partial charge in [-0.05, 0) is 29.8 Å². The molecule has 1 aromatic carbocycles. The van der Waals surface area contributed by atoms with Gasteiger partial charge < -0.3 is 9.47 Å². The Morgan fingerprint density at radius 2 is 2.00 bits per heavy atom. The van der Waals surface area contributed by atoms with E-state index in [1.807, 2.05) is 12.1 Å². The maximum absolute atomic E-state index is 13.3. The van der Waals surface area contributed by atoms with E-state index in [0.717, 1.165) is 11.3 Å². The largest absolute Gasteiger partial charge is 0.497 e. The van der Waals surface area contributed by atoms with Gasteiger partial charge in [0.2, 0.25) is 5.95 Å². The van der Waals surface area contributed by atoms with Gasteiger partial charge in [0.15, 0.2) is 5.78 Å². The van der Waals surface area contributed by atoms with Gasteiger partial charge in [-0.2, -0.15) is 4.39 Å². The molecule has 0 amide bonds. The van der Waals surface area contributed by atoms with Gasteiger partial charge in [0.05, 0.1) is 19.3 Å². The van der Waals surface area contributed by atoms with Gasteiger partial charge in [0.25, 0.3) is 0 Å². The lowest BCUT2D eigenvalue weighted by Crippen LogP contribution is -2.11. The molecular formula is C15H14FNO3. The SMILES string of the molecule is COc1ccc(COCC(=O)c2cccnc2F)cc1. The molecule has 20 heavy (non-hydrogen) atoms. The average molecular weight is 275 g/mol. The Morgan fingerprint density at radius 3 is 2.65 bits per heavy atom. The summed E-state index contributed by atoms with van der Waals surface area (Å²) in [5.74, 6) is -0.447. The first-order chi connectivity index (χ1) is 9.70. The summed E-state index contributed by atoms with van der Waals surface area (Å²) in [4.78, 5) is 15.2. The first kappa shape index (κ1) is 14.1. The van der Waals surface area contributed by atoms with Crippen molar-refractivity contribution in [1.82, 2.24) is 4.98 Å². The Balaban J connectivity index is 1.86. The third-order valence-corrected chi connectivity index (χ3v) is 2.72. The van der Waals surface area contributed by atoms with Crippen molar-refractivity contribution < 1.29 is 18.7 Å². The standard InChI is InChI=1S/C15H14FNO3/c1-19-12-6-4-11(5-7-12)9-20-10-14(18)13-3-2-8-17-15(13)16/h2-8H,9-10H2,1H3. The second-order valence-corrected chi connectivity index (χ2v) is 4.11. The van der Waals surface area contributed by atoms with Crippen molar-refractivity contribution in [3.8, 4) is 5.75 Å². The van der Waals surface area contributed by atoms with E-state index in [0.29, 0.717) is 0 Å². The van der Waals surface area contributed by atoms with Gasteiger partial charge in [-0.3, -0.25) is 4.79 Å². The van der Waals surface area contributed by atoms with Gasteiger partial charge in [0, 0.05) is 6.20 Å². The number of aromatic nitrogens is 1. The number of rotatable bonds is 6. The number of carbonyl (C=O) groups is 1. The van der Waals surface area contributed by atoms with Gasteiger partial charge in [-0.15, -0.1) is 0 Å². The smallest absolute Gasteiger partial charge is 0.223 e. The summed E-state index contributed by atoms with van der Waals surface area (Å²) in [7, 11) is 1.59. The molecule has 1 aromatic heterocycles. The van der Waals surface area contributed by atoms with E-state index >= 15 is 0 Å². The lowest BCUT2D eigenvalue weighted by Gasteiger charge is -2.05. The minimum Gasteiger partial charge on any atom is -0.497 e. The molecule has 0 unspecified atom stereocenters. The number of hydrogen-bond acceptors (Lipinski definition) is 4. The maximum Gasteiger partial charge on any atom is 0.223 e. The molecule has 0 N–H and O–H groups in total. The second-order valence-electron chi connectivity index (χ2n) is 4.11. The highest BCUT2D eigenvalue weighted by molar-refractivity contribution is 5.96. The first-order valence-corrected chi connectivity index (χ1v) is 6.05. The Kier molecular flexibility index (Phi) is 4.79. The number of carbonyl (C=O) groups excluding carboxylic acids is 1. The number of nitrogens with zero attached hydrogens (tertiary/aromatic N) is 1. The van der Waals surface area contributed by atoms with Crippen LogP contribution in [-0.2, 0) is 11.3 Å². The molecule has 0 aliphatic rings. The zero-order chi connectivity index (χ0) is 14.4. The van der Waals surface area contributed by atoms with E-state index in [1.54, 1.807) is 19.2 Å². The van der Waals surface area contributed by atoms with Gasteiger partial charge >= 0.3 is 0 Å². The number of benzene rings is 1. The Labute approximate surface area is 116 Å². The van der Waals surface area contributed by atoms with Crippen LogP contribution in [-0.4, -0.2) is 24.5 Å². The Bertz CT molecular complexity index is 584. The van der Waals surface area contributed by atoms with E-state index in [-0.39, 0.29) is 18.8 Å². The minimum atomic E-state index is -0.773. The summed E-state index contributed by atoms with van der Waals surface area (Å²) in [6.07, 6.45) is 1.30. The van der Waals surface area contributed by atoms with E-state index < -0.39 is 11.7 Å². The summed E-state index contributed by atoms with van der Waals surface area (Å²) in [6.45, 7) is 0.0895. The minimum absolute atomic E-state index is 0.0535. The summed E-state index contributed by atoms with van der Waals surface area (Å²) in [6, 6.07) is 10.2. The normalized spacial score (nSPS) is 10.3. The van der Waals surface area contributed by atoms with Crippen LogP contribution in [0.15, 0.2) is 42.6 Å². The molecule has 4 nitrogen and oxygen atoms in total. The molecule has 1 heterocycles. The Morgan fingerprint density at radius 1 is 1.25 bits per heavy atom. The topological polar surface area (TPSA) is 48.4 Å². The fourth-order valence-corrected chi connectivity index (χ4v) is 1.66. The molecule has 0 atom stereocenters. The fraction of sp³-hybridized carbons (Fsp3) is 0.200. The number of methoxy groups -OCH3 is 1. The summed E-state index contributed by atoms with van der Waals surface area (Å²) >= 11 is 0. The predicted octanol–water partition coefficient (Wildman–Crippen LogP) is 2.63. The number of halogens is 1. The quantitative estimate of drug-likeness (QED) is 0.600. The molecule has 0 saturated carbocycles. The van der Waals surface area contributed by atoms with E-state index in [2.05, 4.69) is 4.98 Å². The van der Waals surface area contributed by atoms with Crippen LogP contribution < -0.4 is 4.74 Å². The highest BCUT2D eigenvalue weighted by atomic mass is 19.1. The third kappa shape index (κ3) is 3.61. The van der Waals surface area contributed by atoms with Crippen molar-refractivity contribution >= 4 is 5.78 Å². The summed E-state index contributed by atoms with van der Waals surface area (Å²) in [5, 5.41) is 0. The Hall–Kier alpha value is -2.27. The molecule has 5 heteroatoms. The van der Waals surface area contributed by atoms with Crippen molar-refractivity contribution in [3.05, 3.63) is 59.7 Å². The summed E-state index contributed by atoms with van der Waals surface area (Å²) < 4.78 is 23.6. The second kappa shape index (κ2) is 6.77. The number of ether oxygens (including phenoxy) is 2. The van der Waals surface area contributed by atoms with Gasteiger partial charge in [-0.25, -0.2) is 4.98 Å². The first-order valence-electron chi connectivity index (χ1n) is 6.05. The number of pyridine rings is 1. The molecule has 0 bridgehead atoms. The van der Waals surface area contributed by atoms with Crippen molar-refractivity contribution in [1.29, 1.82) is 0 Å². The monoisotopic (exact) mass is 275 g/mol. The highest BCUT2D eigenvalue weighted by Crippen LogP contribution is 2.12. The van der Waals surface area contributed by atoms with E-state index in [4.69, 9.17) is 9.47 Å². The summed E-state index contributed by atoms with van der Waals surface area (Å²) in [5.41, 5.74) is 0.854. The van der Waals surface area contributed by atoms with Crippen LogP contribution in [0.5, 0.6) is 5.75 Å². The molecule has 0 spiro atoms. The van der Waals surface area contributed by atoms with Crippen LogP contribution in [0.4, 0.5) is 4.39 Å². The molecule has 2 aromatic rings. The van der Waals surface area contributed by atoms with Crippen LogP contribution in [0.1, 0.15) is 15.9 Å².